The summed E-state index contributed by atoms with van der Waals surface area (Å²) in [5, 5.41) is 0. The molecule has 8 nitrogen and oxygen atoms in total. The van der Waals surface area contributed by atoms with E-state index in [0.717, 1.165) is 23.8 Å². The third-order valence-corrected chi connectivity index (χ3v) is 9.03. The Morgan fingerprint density at radius 1 is 0.953 bits per heavy atom. The van der Waals surface area contributed by atoms with Gasteiger partial charge in [0.05, 0.1) is 42.2 Å². The molecule has 0 fully saturated rings. The van der Waals surface area contributed by atoms with E-state index in [1.165, 1.54) is 11.3 Å². The van der Waals surface area contributed by atoms with Gasteiger partial charge in [-0.1, -0.05) is 72.0 Å². The molecule has 2 heterocycles. The molecule has 0 saturated carbocycles. The number of carbonyl (C=O) groups excluding carboxylic acids is 2. The number of benzene rings is 3. The van der Waals surface area contributed by atoms with Crippen molar-refractivity contribution in [3.05, 3.63) is 122 Å². The fourth-order valence-corrected chi connectivity index (χ4v) is 7.81. The van der Waals surface area contributed by atoms with E-state index >= 15 is 0 Å². The lowest BCUT2D eigenvalue weighted by Crippen LogP contribution is -2.40. The van der Waals surface area contributed by atoms with Crippen molar-refractivity contribution in [1.82, 2.24) is 4.57 Å². The Hall–Kier alpha value is -3.30. The molecule has 4 aromatic rings. The quantitative estimate of drug-likeness (QED) is 0.173. The van der Waals surface area contributed by atoms with Gasteiger partial charge in [-0.15, -0.1) is 0 Å². The monoisotopic (exact) mass is 820 g/mol. The highest BCUT2D eigenvalue weighted by Crippen LogP contribution is 2.35. The van der Waals surface area contributed by atoms with Crippen molar-refractivity contribution < 1.29 is 23.8 Å². The number of esters is 2. The lowest BCUT2D eigenvalue weighted by molar-refractivity contribution is -0.145. The highest BCUT2D eigenvalue weighted by Gasteiger charge is 2.35. The van der Waals surface area contributed by atoms with Crippen LogP contribution < -0.4 is 19.6 Å². The maximum absolute atomic E-state index is 14.1. The molecule has 0 aliphatic carbocycles. The molecule has 0 unspecified atom stereocenters. The molecular weight excluding hydrogens is 794 g/mol. The van der Waals surface area contributed by atoms with Gasteiger partial charge in [0.25, 0.3) is 5.56 Å². The lowest BCUT2D eigenvalue weighted by atomic mass is 9.93. The van der Waals surface area contributed by atoms with Gasteiger partial charge in [0.15, 0.2) is 11.4 Å². The number of hydrogen-bond donors (Lipinski definition) is 0. The molecule has 5 rings (SSSR count). The van der Waals surface area contributed by atoms with Crippen LogP contribution in [0.25, 0.3) is 11.8 Å². The summed E-state index contributed by atoms with van der Waals surface area (Å²) in [6.45, 7) is 3.78. The van der Waals surface area contributed by atoms with Crippen LogP contribution in [0, 0.1) is 7.14 Å². The summed E-state index contributed by atoms with van der Waals surface area (Å²) >= 11 is 5.56. The van der Waals surface area contributed by atoms with Crippen LogP contribution in [0.2, 0.25) is 0 Å². The number of nitrogens with zero attached hydrogens (tertiary/aromatic N) is 2. The van der Waals surface area contributed by atoms with Crippen LogP contribution in [0.15, 0.2) is 88.2 Å². The summed E-state index contributed by atoms with van der Waals surface area (Å²) in [6.07, 6.45) is 1.81. The van der Waals surface area contributed by atoms with Crippen LogP contribution in [0.1, 0.15) is 36.6 Å². The molecule has 3 aromatic carbocycles. The lowest BCUT2D eigenvalue weighted by Gasteiger charge is -2.25. The Labute approximate surface area is 279 Å². The van der Waals surface area contributed by atoms with Crippen molar-refractivity contribution in [3.63, 3.8) is 0 Å². The van der Waals surface area contributed by atoms with Crippen molar-refractivity contribution in [2.75, 3.05) is 19.8 Å². The van der Waals surface area contributed by atoms with Gasteiger partial charge < -0.3 is 14.2 Å². The Morgan fingerprint density at radius 2 is 1.58 bits per heavy atom. The number of hydrogen-bond acceptors (Lipinski definition) is 8. The first-order valence-electron chi connectivity index (χ1n) is 13.4. The van der Waals surface area contributed by atoms with E-state index in [-0.39, 0.29) is 25.4 Å². The standard InChI is InChI=1S/C32H26I2N2O6S/c1-3-40-25(37)18-42-29-22(33)15-19(16-23(29)34)17-24-30(38)36-28(21-13-9-6-10-14-21)26(31(39)41-4-2)27(35-32(36)43-24)20-11-7-5-8-12-20/h5-17,28H,3-4,18H2,1-2H3/b24-17-/t28-/m1/s1. The SMILES string of the molecule is CCOC(=O)COc1c(I)cc(/C=c2\sc3n(c2=O)[C@H](c2ccccc2)C(C(=O)OCC)=C(c2ccccc2)N=3)cc1I. The number of thiazole rings is 1. The Balaban J connectivity index is 1.67. The maximum Gasteiger partial charge on any atom is 0.344 e. The predicted octanol–water partition coefficient (Wildman–Crippen LogP) is 5.09. The van der Waals surface area contributed by atoms with Gasteiger partial charge in [-0.2, -0.15) is 0 Å². The van der Waals surface area contributed by atoms with E-state index in [9.17, 15) is 14.4 Å². The normalized spacial score (nSPS) is 14.6. The number of halogens is 2. The molecule has 0 radical (unpaired) electrons. The smallest absolute Gasteiger partial charge is 0.344 e. The zero-order chi connectivity index (χ0) is 30.5. The molecular formula is C32H26I2N2O6S. The highest BCUT2D eigenvalue weighted by molar-refractivity contribution is 14.1. The maximum atomic E-state index is 14.1. The molecule has 43 heavy (non-hydrogen) atoms. The minimum atomic E-state index is -0.729. The molecule has 0 bridgehead atoms. The van der Waals surface area contributed by atoms with Crippen LogP contribution in [0.4, 0.5) is 0 Å². The third kappa shape index (κ3) is 6.78. The summed E-state index contributed by atoms with van der Waals surface area (Å²) in [5.41, 5.74) is 2.84. The largest absolute Gasteiger partial charge is 0.480 e. The summed E-state index contributed by atoms with van der Waals surface area (Å²) in [6, 6.07) is 21.9. The molecule has 1 atom stereocenters. The van der Waals surface area contributed by atoms with Crippen LogP contribution in [0.3, 0.4) is 0 Å². The molecule has 1 aliphatic heterocycles. The first-order valence-corrected chi connectivity index (χ1v) is 16.4. The van der Waals surface area contributed by atoms with Crippen molar-refractivity contribution in [3.8, 4) is 5.75 Å². The second-order valence-corrected chi connectivity index (χ2v) is 12.6. The van der Waals surface area contributed by atoms with Crippen LogP contribution >= 0.6 is 56.5 Å². The van der Waals surface area contributed by atoms with E-state index in [1.54, 1.807) is 18.4 Å². The van der Waals surface area contributed by atoms with Crippen LogP contribution in [-0.4, -0.2) is 36.3 Å². The average molecular weight is 820 g/mol. The topological polar surface area (TPSA) is 96.2 Å². The van der Waals surface area contributed by atoms with Crippen molar-refractivity contribution in [2.45, 2.75) is 19.9 Å². The predicted molar refractivity (Wildman–Crippen MR) is 182 cm³/mol. The molecule has 1 aliphatic rings. The molecule has 220 valence electrons. The zero-order valence-corrected chi connectivity index (χ0v) is 28.3. The molecule has 1 aromatic heterocycles. The second kappa shape index (κ2) is 14.0. The van der Waals surface area contributed by atoms with Gasteiger partial charge in [-0.05, 0) is 88.4 Å². The molecule has 0 saturated heterocycles. The molecule has 0 amide bonds. The number of ether oxygens (including phenoxy) is 3. The van der Waals surface area contributed by atoms with Gasteiger partial charge in [-0.3, -0.25) is 9.36 Å². The Morgan fingerprint density at radius 3 is 2.21 bits per heavy atom. The minimum absolute atomic E-state index is 0.188. The average Bonchev–Trinajstić information content (AvgIpc) is 3.31. The van der Waals surface area contributed by atoms with E-state index in [4.69, 9.17) is 19.2 Å². The van der Waals surface area contributed by atoms with Gasteiger partial charge in [0.1, 0.15) is 5.75 Å². The minimum Gasteiger partial charge on any atom is -0.480 e. The molecule has 0 spiro atoms. The summed E-state index contributed by atoms with van der Waals surface area (Å²) in [4.78, 5) is 44.7. The summed E-state index contributed by atoms with van der Waals surface area (Å²) in [7, 11) is 0. The third-order valence-electron chi connectivity index (χ3n) is 6.45. The fraction of sp³-hybridized carbons (Fsp3) is 0.188. The Kier molecular flexibility index (Phi) is 10.1. The van der Waals surface area contributed by atoms with Gasteiger partial charge in [-0.25, -0.2) is 14.6 Å². The van der Waals surface area contributed by atoms with Crippen molar-refractivity contribution in [2.24, 2.45) is 4.99 Å². The van der Waals surface area contributed by atoms with Gasteiger partial charge >= 0.3 is 11.9 Å². The van der Waals surface area contributed by atoms with E-state index in [1.807, 2.05) is 78.9 Å². The first-order chi connectivity index (χ1) is 20.8. The number of aromatic nitrogens is 1. The zero-order valence-electron chi connectivity index (χ0n) is 23.2. The van der Waals surface area contributed by atoms with Crippen molar-refractivity contribution in [1.29, 1.82) is 0 Å². The van der Waals surface area contributed by atoms with E-state index in [0.29, 0.717) is 26.4 Å². The van der Waals surface area contributed by atoms with Gasteiger partial charge in [0.2, 0.25) is 0 Å². The van der Waals surface area contributed by atoms with Crippen molar-refractivity contribution >= 4 is 80.2 Å². The van der Waals surface area contributed by atoms with Crippen LogP contribution in [0.5, 0.6) is 5.75 Å². The molecule has 0 N–H and O–H groups in total. The van der Waals surface area contributed by atoms with Crippen LogP contribution in [-0.2, 0) is 19.1 Å². The number of fused-ring (bicyclic) bond motifs is 1. The number of rotatable bonds is 9. The highest BCUT2D eigenvalue weighted by atomic mass is 127. The second-order valence-electron chi connectivity index (χ2n) is 9.25. The van der Waals surface area contributed by atoms with Gasteiger partial charge in [0, 0.05) is 5.56 Å². The van der Waals surface area contributed by atoms with E-state index < -0.39 is 18.0 Å². The summed E-state index contributed by atoms with van der Waals surface area (Å²) in [5.74, 6) is -0.386. The van der Waals surface area contributed by atoms with E-state index in [2.05, 4.69) is 45.2 Å². The fourth-order valence-electron chi connectivity index (χ4n) is 4.68. The summed E-state index contributed by atoms with van der Waals surface area (Å²) < 4.78 is 19.8. The number of carbonyl (C=O) groups is 2. The Bertz CT molecular complexity index is 1860. The molecule has 11 heteroatoms. The first kappa shape index (κ1) is 31.1.